The molecule has 0 saturated carbocycles. The highest BCUT2D eigenvalue weighted by Crippen LogP contribution is 2.25. The van der Waals surface area contributed by atoms with Gasteiger partial charge in [0.25, 0.3) is 5.91 Å². The van der Waals surface area contributed by atoms with E-state index in [2.05, 4.69) is 10.2 Å². The SMILES string of the molecule is CN1CCN(C(=O)/C(C#N)=C\Nc2cc(Cl)ccc2Cl)CC1. The summed E-state index contributed by atoms with van der Waals surface area (Å²) in [5, 5.41) is 13.1. The van der Waals surface area contributed by atoms with E-state index in [0.717, 1.165) is 13.1 Å². The molecule has 2 rings (SSSR count). The van der Waals surface area contributed by atoms with Gasteiger partial charge < -0.3 is 15.1 Å². The van der Waals surface area contributed by atoms with Crippen molar-refractivity contribution in [3.63, 3.8) is 0 Å². The molecule has 0 unspecified atom stereocenters. The topological polar surface area (TPSA) is 59.4 Å². The van der Waals surface area contributed by atoms with Crippen LogP contribution in [0.25, 0.3) is 0 Å². The molecule has 22 heavy (non-hydrogen) atoms. The summed E-state index contributed by atoms with van der Waals surface area (Å²) in [6, 6.07) is 6.88. The smallest absolute Gasteiger partial charge is 0.266 e. The summed E-state index contributed by atoms with van der Waals surface area (Å²) in [5.41, 5.74) is 0.591. The Morgan fingerprint density at radius 3 is 2.64 bits per heavy atom. The molecule has 1 aliphatic rings. The fourth-order valence-corrected chi connectivity index (χ4v) is 2.42. The molecule has 0 aromatic heterocycles. The molecule has 1 fully saturated rings. The first-order valence-corrected chi connectivity index (χ1v) is 7.56. The van der Waals surface area contributed by atoms with E-state index in [0.29, 0.717) is 28.8 Å². The van der Waals surface area contributed by atoms with E-state index in [9.17, 15) is 10.1 Å². The number of anilines is 1. The maximum atomic E-state index is 12.3. The Kier molecular flexibility index (Phi) is 5.67. The number of amides is 1. The van der Waals surface area contributed by atoms with Crippen molar-refractivity contribution in [3.8, 4) is 6.07 Å². The number of piperazine rings is 1. The number of carbonyl (C=O) groups excluding carboxylic acids is 1. The molecule has 1 amide bonds. The van der Waals surface area contributed by atoms with Gasteiger partial charge in [-0.2, -0.15) is 5.26 Å². The molecular formula is C15H16Cl2N4O. The van der Waals surface area contributed by atoms with Crippen molar-refractivity contribution in [1.82, 2.24) is 9.80 Å². The lowest BCUT2D eigenvalue weighted by Crippen LogP contribution is -2.47. The van der Waals surface area contributed by atoms with Crippen LogP contribution in [0.4, 0.5) is 5.69 Å². The maximum absolute atomic E-state index is 12.3. The highest BCUT2D eigenvalue weighted by atomic mass is 35.5. The zero-order valence-electron chi connectivity index (χ0n) is 12.1. The Labute approximate surface area is 139 Å². The van der Waals surface area contributed by atoms with Gasteiger partial charge in [-0.05, 0) is 25.2 Å². The molecule has 7 heteroatoms. The van der Waals surface area contributed by atoms with E-state index in [1.807, 2.05) is 13.1 Å². The lowest BCUT2D eigenvalue weighted by molar-refractivity contribution is -0.128. The molecule has 1 aromatic rings. The quantitative estimate of drug-likeness (QED) is 0.679. The van der Waals surface area contributed by atoms with Crippen LogP contribution < -0.4 is 5.32 Å². The van der Waals surface area contributed by atoms with Gasteiger partial charge >= 0.3 is 0 Å². The summed E-state index contributed by atoms with van der Waals surface area (Å²) >= 11 is 11.9. The largest absolute Gasteiger partial charge is 0.359 e. The monoisotopic (exact) mass is 338 g/mol. The standard InChI is InChI=1S/C15H16Cl2N4O/c1-20-4-6-21(7-5-20)15(22)11(9-18)10-19-14-8-12(16)2-3-13(14)17/h2-3,8,10,19H,4-7H2,1H3/b11-10-. The Balaban J connectivity index is 2.09. The highest BCUT2D eigenvalue weighted by Gasteiger charge is 2.22. The summed E-state index contributed by atoms with van der Waals surface area (Å²) in [6.07, 6.45) is 1.37. The molecule has 1 aliphatic heterocycles. The van der Waals surface area contributed by atoms with Gasteiger partial charge in [0.05, 0.1) is 10.7 Å². The van der Waals surface area contributed by atoms with Crippen LogP contribution in [0.1, 0.15) is 0 Å². The fourth-order valence-electron chi connectivity index (χ4n) is 2.08. The minimum Gasteiger partial charge on any atom is -0.359 e. The van der Waals surface area contributed by atoms with Crippen molar-refractivity contribution in [2.45, 2.75) is 0 Å². The fraction of sp³-hybridized carbons (Fsp3) is 0.333. The first-order chi connectivity index (χ1) is 10.5. The van der Waals surface area contributed by atoms with Crippen molar-refractivity contribution in [3.05, 3.63) is 40.0 Å². The number of carbonyl (C=O) groups is 1. The van der Waals surface area contributed by atoms with Gasteiger partial charge in [0, 0.05) is 37.4 Å². The highest BCUT2D eigenvalue weighted by molar-refractivity contribution is 6.35. The molecule has 1 aromatic carbocycles. The van der Waals surface area contributed by atoms with Crippen LogP contribution in [0.15, 0.2) is 30.0 Å². The van der Waals surface area contributed by atoms with Crippen LogP contribution in [-0.2, 0) is 4.79 Å². The Morgan fingerprint density at radius 2 is 2.00 bits per heavy atom. The van der Waals surface area contributed by atoms with E-state index in [-0.39, 0.29) is 11.5 Å². The number of benzene rings is 1. The third-order valence-electron chi connectivity index (χ3n) is 3.44. The summed E-state index contributed by atoms with van der Waals surface area (Å²) in [6.45, 7) is 2.84. The predicted molar refractivity (Wildman–Crippen MR) is 87.9 cm³/mol. The summed E-state index contributed by atoms with van der Waals surface area (Å²) < 4.78 is 0. The van der Waals surface area contributed by atoms with Gasteiger partial charge in [0.1, 0.15) is 11.6 Å². The van der Waals surface area contributed by atoms with E-state index < -0.39 is 0 Å². The number of rotatable bonds is 3. The van der Waals surface area contributed by atoms with Crippen molar-refractivity contribution < 1.29 is 4.79 Å². The average Bonchev–Trinajstić information content (AvgIpc) is 2.51. The normalized spacial score (nSPS) is 16.3. The molecule has 0 bridgehead atoms. The zero-order valence-corrected chi connectivity index (χ0v) is 13.7. The molecule has 5 nitrogen and oxygen atoms in total. The first-order valence-electron chi connectivity index (χ1n) is 6.81. The number of halogens is 2. The van der Waals surface area contributed by atoms with E-state index in [1.165, 1.54) is 6.20 Å². The van der Waals surface area contributed by atoms with Crippen LogP contribution in [0, 0.1) is 11.3 Å². The number of nitriles is 1. The van der Waals surface area contributed by atoms with Crippen molar-refractivity contribution in [1.29, 1.82) is 5.26 Å². The molecule has 0 aliphatic carbocycles. The Bertz CT molecular complexity index is 631. The second-order valence-electron chi connectivity index (χ2n) is 5.03. The second-order valence-corrected chi connectivity index (χ2v) is 5.88. The third-order valence-corrected chi connectivity index (χ3v) is 4.01. The van der Waals surface area contributed by atoms with Crippen LogP contribution in [0.2, 0.25) is 10.0 Å². The van der Waals surface area contributed by atoms with Gasteiger partial charge in [-0.1, -0.05) is 23.2 Å². The van der Waals surface area contributed by atoms with Gasteiger partial charge in [-0.25, -0.2) is 0 Å². The zero-order chi connectivity index (χ0) is 16.1. The van der Waals surface area contributed by atoms with Crippen LogP contribution in [0.3, 0.4) is 0 Å². The van der Waals surface area contributed by atoms with Crippen LogP contribution in [0.5, 0.6) is 0 Å². The molecule has 116 valence electrons. The molecule has 0 atom stereocenters. The minimum absolute atomic E-state index is 0.0422. The lowest BCUT2D eigenvalue weighted by Gasteiger charge is -2.32. The van der Waals surface area contributed by atoms with Gasteiger partial charge in [-0.3, -0.25) is 4.79 Å². The molecule has 1 heterocycles. The predicted octanol–water partition coefficient (Wildman–Crippen LogP) is 2.59. The lowest BCUT2D eigenvalue weighted by atomic mass is 10.2. The second kappa shape index (κ2) is 7.50. The molecular weight excluding hydrogens is 323 g/mol. The van der Waals surface area contributed by atoms with Crippen molar-refractivity contribution in [2.75, 3.05) is 38.5 Å². The van der Waals surface area contributed by atoms with Gasteiger partial charge in [0.15, 0.2) is 0 Å². The maximum Gasteiger partial charge on any atom is 0.266 e. The van der Waals surface area contributed by atoms with Gasteiger partial charge in [0.2, 0.25) is 0 Å². The summed E-state index contributed by atoms with van der Waals surface area (Å²) in [4.78, 5) is 16.1. The average molecular weight is 339 g/mol. The minimum atomic E-state index is -0.277. The number of hydrogen-bond acceptors (Lipinski definition) is 4. The van der Waals surface area contributed by atoms with E-state index in [1.54, 1.807) is 23.1 Å². The molecule has 0 spiro atoms. The Hall–Kier alpha value is -1.74. The van der Waals surface area contributed by atoms with Crippen LogP contribution >= 0.6 is 23.2 Å². The van der Waals surface area contributed by atoms with Gasteiger partial charge in [-0.15, -0.1) is 0 Å². The van der Waals surface area contributed by atoms with E-state index >= 15 is 0 Å². The Morgan fingerprint density at radius 1 is 1.32 bits per heavy atom. The summed E-state index contributed by atoms with van der Waals surface area (Å²) in [5.74, 6) is -0.277. The first kappa shape index (κ1) is 16.6. The number of nitrogens with one attached hydrogen (secondary N) is 1. The van der Waals surface area contributed by atoms with Crippen molar-refractivity contribution in [2.24, 2.45) is 0 Å². The van der Waals surface area contributed by atoms with E-state index in [4.69, 9.17) is 23.2 Å². The number of hydrogen-bond donors (Lipinski definition) is 1. The van der Waals surface area contributed by atoms with Crippen molar-refractivity contribution >= 4 is 34.8 Å². The number of nitrogens with zero attached hydrogens (tertiary/aromatic N) is 3. The molecule has 0 radical (unpaired) electrons. The molecule has 1 saturated heterocycles. The van der Waals surface area contributed by atoms with Crippen LogP contribution in [-0.4, -0.2) is 48.9 Å². The summed E-state index contributed by atoms with van der Waals surface area (Å²) in [7, 11) is 2.01. The number of likely N-dealkylation sites (N-methyl/N-ethyl adjacent to an activating group) is 1. The third kappa shape index (κ3) is 4.14. The molecule has 1 N–H and O–H groups in total.